The molecule has 9 nitrogen and oxygen atoms in total. The zero-order valence-electron chi connectivity index (χ0n) is 23.5. The molecule has 3 N–H and O–H groups in total. The van der Waals surface area contributed by atoms with Crippen LogP contribution in [0.3, 0.4) is 0 Å². The number of methoxy groups -OCH3 is 1. The van der Waals surface area contributed by atoms with Crippen LogP contribution in [0.15, 0.2) is 12.1 Å². The highest BCUT2D eigenvalue weighted by Gasteiger charge is 2.66. The van der Waals surface area contributed by atoms with Gasteiger partial charge in [-0.05, 0) is 94.4 Å². The van der Waals surface area contributed by atoms with Crippen LogP contribution in [0, 0.1) is 39.9 Å². The molecule has 40 heavy (non-hydrogen) atoms. The Balaban J connectivity index is 1.18. The van der Waals surface area contributed by atoms with Gasteiger partial charge in [0.25, 0.3) is 5.91 Å². The van der Waals surface area contributed by atoms with E-state index < -0.39 is 11.4 Å². The molecule has 0 saturated heterocycles. The summed E-state index contributed by atoms with van der Waals surface area (Å²) in [6.07, 6.45) is 7.90. The SMILES string of the molecule is COc1cc(C#N)c(OC2CCC(C)(C(=O)O)CC2)cc1C(=O)N[C@@H]1[C@H]2CC[C@H](C2)[C@@H]1C(=O)NC12CC(C)(C1)C2. The largest absolute Gasteiger partial charge is 0.496 e. The molecule has 0 spiro atoms. The van der Waals surface area contributed by atoms with Gasteiger partial charge in [0, 0.05) is 17.6 Å². The molecule has 4 bridgehead atoms. The Hall–Kier alpha value is -3.28. The van der Waals surface area contributed by atoms with E-state index in [0.717, 1.165) is 38.5 Å². The number of carbonyl (C=O) groups excluding carboxylic acids is 2. The fraction of sp³-hybridized carbons (Fsp3) is 0.677. The molecular weight excluding hydrogens is 510 g/mol. The summed E-state index contributed by atoms with van der Waals surface area (Å²) in [6.45, 7) is 4.02. The number of rotatable bonds is 8. The standard InChI is InChI=1S/C31H39N3O6/c1-29-14-31(15-29,16-29)34-27(36)24-17-4-5-18(10-17)25(24)33-26(35)21-12-22(19(13-32)11-23(21)39-3)40-20-6-8-30(2,9-7-20)28(37)38/h11-12,17-18,20,24-25H,4-10,14-16H2,1-3H3,(H,33,35)(H,34,36)(H,37,38)/t17-,18+,20?,24+,25-,29?,30?,31?/m1/s1. The van der Waals surface area contributed by atoms with Gasteiger partial charge in [0.15, 0.2) is 0 Å². The van der Waals surface area contributed by atoms with E-state index in [2.05, 4.69) is 23.6 Å². The molecule has 6 aliphatic rings. The van der Waals surface area contributed by atoms with Crippen molar-refractivity contribution in [3.05, 3.63) is 23.3 Å². The Morgan fingerprint density at radius 3 is 2.30 bits per heavy atom. The van der Waals surface area contributed by atoms with Crippen molar-refractivity contribution < 1.29 is 29.0 Å². The normalized spacial score (nSPS) is 38.8. The first-order valence-corrected chi connectivity index (χ1v) is 14.6. The zero-order valence-corrected chi connectivity index (χ0v) is 23.5. The molecule has 2 amide bonds. The van der Waals surface area contributed by atoms with Crippen molar-refractivity contribution in [3.63, 3.8) is 0 Å². The molecule has 6 saturated carbocycles. The molecule has 0 unspecified atom stereocenters. The Labute approximate surface area is 235 Å². The lowest BCUT2D eigenvalue weighted by Crippen LogP contribution is -2.74. The molecule has 214 valence electrons. The summed E-state index contributed by atoms with van der Waals surface area (Å²) in [5.41, 5.74) is 0.102. The molecule has 7 rings (SSSR count). The number of hydrogen-bond acceptors (Lipinski definition) is 6. The summed E-state index contributed by atoms with van der Waals surface area (Å²) in [5, 5.41) is 25.8. The Kier molecular flexibility index (Phi) is 6.32. The molecule has 0 radical (unpaired) electrons. The quantitative estimate of drug-likeness (QED) is 0.442. The molecule has 0 heterocycles. The lowest BCUT2D eigenvalue weighted by molar-refractivity contribution is -0.160. The molecule has 9 heteroatoms. The second-order valence-corrected chi connectivity index (χ2v) is 13.8. The smallest absolute Gasteiger partial charge is 0.309 e. The van der Waals surface area contributed by atoms with E-state index in [4.69, 9.17) is 9.47 Å². The van der Waals surface area contributed by atoms with Gasteiger partial charge in [0.2, 0.25) is 5.91 Å². The molecule has 4 atom stereocenters. The number of carboxylic acids is 1. The van der Waals surface area contributed by atoms with E-state index in [0.29, 0.717) is 31.1 Å². The van der Waals surface area contributed by atoms with Crippen molar-refractivity contribution in [3.8, 4) is 17.6 Å². The third kappa shape index (κ3) is 4.40. The maximum absolute atomic E-state index is 13.7. The van der Waals surface area contributed by atoms with Crippen LogP contribution in [0.25, 0.3) is 0 Å². The van der Waals surface area contributed by atoms with Gasteiger partial charge in [-0.2, -0.15) is 5.26 Å². The highest BCUT2D eigenvalue weighted by molar-refractivity contribution is 5.98. The maximum atomic E-state index is 13.7. The van der Waals surface area contributed by atoms with Crippen molar-refractivity contribution in [2.45, 2.75) is 95.7 Å². The zero-order chi connectivity index (χ0) is 28.4. The molecular formula is C31H39N3O6. The number of hydrogen-bond donors (Lipinski definition) is 3. The molecule has 1 aromatic rings. The highest BCUT2D eigenvalue weighted by atomic mass is 16.5. The molecule has 6 aliphatic carbocycles. The third-order valence-corrected chi connectivity index (χ3v) is 10.7. The van der Waals surface area contributed by atoms with E-state index in [-0.39, 0.29) is 69.9 Å². The van der Waals surface area contributed by atoms with Gasteiger partial charge in [-0.3, -0.25) is 14.4 Å². The number of nitrogens with one attached hydrogen (secondary N) is 2. The number of nitriles is 1. The van der Waals surface area contributed by atoms with Gasteiger partial charge in [0.05, 0.1) is 35.7 Å². The molecule has 0 aliphatic heterocycles. The average Bonchev–Trinajstić information content (AvgIpc) is 3.50. The minimum absolute atomic E-state index is 0.0359. The van der Waals surface area contributed by atoms with Crippen molar-refractivity contribution in [1.29, 1.82) is 5.26 Å². The van der Waals surface area contributed by atoms with Crippen LogP contribution in [0.1, 0.15) is 94.0 Å². The summed E-state index contributed by atoms with van der Waals surface area (Å²) < 4.78 is 11.7. The maximum Gasteiger partial charge on any atom is 0.309 e. The summed E-state index contributed by atoms with van der Waals surface area (Å²) >= 11 is 0. The van der Waals surface area contributed by atoms with E-state index in [9.17, 15) is 24.8 Å². The second-order valence-electron chi connectivity index (χ2n) is 13.8. The first-order valence-electron chi connectivity index (χ1n) is 14.6. The van der Waals surface area contributed by atoms with Gasteiger partial charge < -0.3 is 25.2 Å². The van der Waals surface area contributed by atoms with Crippen molar-refractivity contribution >= 4 is 17.8 Å². The van der Waals surface area contributed by atoms with Crippen LogP contribution < -0.4 is 20.1 Å². The van der Waals surface area contributed by atoms with Crippen LogP contribution in [0.5, 0.6) is 11.5 Å². The van der Waals surface area contributed by atoms with Gasteiger partial charge in [-0.15, -0.1) is 0 Å². The fourth-order valence-electron chi connectivity index (χ4n) is 8.71. The molecule has 1 aromatic carbocycles. The summed E-state index contributed by atoms with van der Waals surface area (Å²) in [4.78, 5) is 38.8. The Morgan fingerprint density at radius 1 is 1.02 bits per heavy atom. The predicted molar refractivity (Wildman–Crippen MR) is 145 cm³/mol. The second kappa shape index (κ2) is 9.39. The number of nitrogens with zero attached hydrogens (tertiary/aromatic N) is 1. The number of fused-ring (bicyclic) bond motifs is 2. The van der Waals surface area contributed by atoms with E-state index in [1.807, 2.05) is 0 Å². The van der Waals surface area contributed by atoms with Crippen LogP contribution in [-0.2, 0) is 9.59 Å². The number of benzene rings is 1. The number of aliphatic carboxylic acids is 1. The first-order chi connectivity index (χ1) is 19.0. The van der Waals surface area contributed by atoms with Crippen molar-refractivity contribution in [2.24, 2.45) is 28.6 Å². The van der Waals surface area contributed by atoms with Gasteiger partial charge >= 0.3 is 5.97 Å². The van der Waals surface area contributed by atoms with E-state index in [1.54, 1.807) is 13.0 Å². The highest BCUT2D eigenvalue weighted by Crippen LogP contribution is 2.67. The van der Waals surface area contributed by atoms with E-state index in [1.165, 1.54) is 13.2 Å². The Bertz CT molecular complexity index is 1270. The van der Waals surface area contributed by atoms with Gasteiger partial charge in [-0.25, -0.2) is 0 Å². The summed E-state index contributed by atoms with van der Waals surface area (Å²) in [6, 6.07) is 4.96. The minimum atomic E-state index is -0.807. The van der Waals surface area contributed by atoms with Gasteiger partial charge in [-0.1, -0.05) is 6.92 Å². The summed E-state index contributed by atoms with van der Waals surface area (Å²) in [5.74, 6) is -0.216. The number of amides is 2. The van der Waals surface area contributed by atoms with Gasteiger partial charge in [0.1, 0.15) is 17.6 Å². The lowest BCUT2D eigenvalue weighted by Gasteiger charge is -2.69. The average molecular weight is 550 g/mol. The number of carbonyl (C=O) groups is 3. The minimum Gasteiger partial charge on any atom is -0.496 e. The Morgan fingerprint density at radius 2 is 1.70 bits per heavy atom. The lowest BCUT2D eigenvalue weighted by atomic mass is 9.40. The predicted octanol–water partition coefficient (Wildman–Crippen LogP) is 4.18. The van der Waals surface area contributed by atoms with Crippen LogP contribution in [-0.4, -0.2) is 47.7 Å². The number of carboxylic acid groups (broad SMARTS) is 1. The molecule has 6 fully saturated rings. The number of ether oxygens (including phenoxy) is 2. The van der Waals surface area contributed by atoms with Crippen LogP contribution >= 0.6 is 0 Å². The fourth-order valence-corrected chi connectivity index (χ4v) is 8.71. The van der Waals surface area contributed by atoms with Crippen LogP contribution in [0.2, 0.25) is 0 Å². The first kappa shape index (κ1) is 26.9. The van der Waals surface area contributed by atoms with E-state index >= 15 is 0 Å². The van der Waals surface area contributed by atoms with Crippen molar-refractivity contribution in [2.75, 3.05) is 7.11 Å². The topological polar surface area (TPSA) is 138 Å². The monoisotopic (exact) mass is 549 g/mol. The third-order valence-electron chi connectivity index (χ3n) is 10.7. The molecule has 0 aromatic heterocycles. The summed E-state index contributed by atoms with van der Waals surface area (Å²) in [7, 11) is 1.46. The van der Waals surface area contributed by atoms with Crippen molar-refractivity contribution in [1.82, 2.24) is 10.6 Å². The van der Waals surface area contributed by atoms with Crippen LogP contribution in [0.4, 0.5) is 0 Å².